The molecule has 0 bridgehead atoms. The number of ketones is 1. The monoisotopic (exact) mass is 498 g/mol. The van der Waals surface area contributed by atoms with Crippen molar-refractivity contribution in [1.29, 1.82) is 0 Å². The molecule has 2 N–H and O–H groups in total. The molecule has 0 spiro atoms. The number of benzene rings is 2. The van der Waals surface area contributed by atoms with Crippen LogP contribution in [0.25, 0.3) is 17.1 Å². The minimum Gasteiger partial charge on any atom is -0.384 e. The Balaban J connectivity index is 1.78. The second-order valence-corrected chi connectivity index (χ2v) is 9.02. The summed E-state index contributed by atoms with van der Waals surface area (Å²) in [5.74, 6) is -1.35. The predicted octanol–water partition coefficient (Wildman–Crippen LogP) is 2.56. The summed E-state index contributed by atoms with van der Waals surface area (Å²) in [6.45, 7) is 1.57. The largest absolute Gasteiger partial charge is 0.384 e. The van der Waals surface area contributed by atoms with Gasteiger partial charge in [-0.15, -0.1) is 10.2 Å². The molecule has 0 radical (unpaired) electrons. The minimum absolute atomic E-state index is 0.234. The molecular formula is C23H20F2N6O3S. The standard InChI is InChI=1S/C23H20F2N6O3S/c1-12(18(32)17-19(26)29(2)23(34)30(3)21(17)33)35-22-28-27-20(13-4-6-14(24)7-5-13)31(22)16-10-8-15(25)9-11-16/h4-12H,26H2,1-3H3. The van der Waals surface area contributed by atoms with Crippen LogP contribution in [0.2, 0.25) is 0 Å². The molecule has 2 aromatic heterocycles. The summed E-state index contributed by atoms with van der Waals surface area (Å²) in [6.07, 6.45) is 0. The number of nitrogens with two attached hydrogens (primary N) is 1. The van der Waals surface area contributed by atoms with Crippen LogP contribution < -0.4 is 17.0 Å². The van der Waals surface area contributed by atoms with Crippen LogP contribution in [-0.4, -0.2) is 34.9 Å². The van der Waals surface area contributed by atoms with E-state index in [0.29, 0.717) is 17.1 Å². The van der Waals surface area contributed by atoms with Crippen LogP contribution in [0.5, 0.6) is 0 Å². The topological polar surface area (TPSA) is 118 Å². The van der Waals surface area contributed by atoms with Crippen LogP contribution >= 0.6 is 11.8 Å². The molecule has 0 aliphatic rings. The molecule has 0 amide bonds. The summed E-state index contributed by atoms with van der Waals surface area (Å²) < 4.78 is 30.5. The molecule has 0 aliphatic heterocycles. The second-order valence-electron chi connectivity index (χ2n) is 7.72. The van der Waals surface area contributed by atoms with E-state index in [1.54, 1.807) is 11.5 Å². The lowest BCUT2D eigenvalue weighted by atomic mass is 10.1. The van der Waals surface area contributed by atoms with E-state index in [4.69, 9.17) is 5.73 Å². The molecule has 2 aromatic carbocycles. The van der Waals surface area contributed by atoms with Crippen molar-refractivity contribution in [1.82, 2.24) is 23.9 Å². The van der Waals surface area contributed by atoms with E-state index in [9.17, 15) is 23.2 Å². The van der Waals surface area contributed by atoms with Gasteiger partial charge in [-0.2, -0.15) is 0 Å². The zero-order chi connectivity index (χ0) is 25.4. The second kappa shape index (κ2) is 9.29. The van der Waals surface area contributed by atoms with Crippen molar-refractivity contribution in [2.24, 2.45) is 14.1 Å². The van der Waals surface area contributed by atoms with Gasteiger partial charge in [-0.25, -0.2) is 13.6 Å². The first-order valence-corrected chi connectivity index (χ1v) is 11.2. The van der Waals surface area contributed by atoms with Gasteiger partial charge in [0.1, 0.15) is 23.0 Å². The first-order chi connectivity index (χ1) is 16.6. The average molecular weight is 499 g/mol. The molecule has 1 atom stereocenters. The Bertz CT molecular complexity index is 1540. The number of anilines is 1. The summed E-state index contributed by atoms with van der Waals surface area (Å²) in [5.41, 5.74) is 5.24. The zero-order valence-corrected chi connectivity index (χ0v) is 19.7. The molecule has 12 heteroatoms. The Morgan fingerprint density at radius 2 is 1.51 bits per heavy atom. The van der Waals surface area contributed by atoms with Gasteiger partial charge in [0.15, 0.2) is 16.8 Å². The van der Waals surface area contributed by atoms with Crippen LogP contribution in [0, 0.1) is 11.6 Å². The maximum absolute atomic E-state index is 13.6. The SMILES string of the molecule is CC(Sc1nnc(-c2ccc(F)cc2)n1-c1ccc(F)cc1)C(=O)c1c(N)n(C)c(=O)n(C)c1=O. The summed E-state index contributed by atoms with van der Waals surface area (Å²) in [6, 6.07) is 11.2. The maximum Gasteiger partial charge on any atom is 0.332 e. The number of halogens is 2. The zero-order valence-electron chi connectivity index (χ0n) is 18.9. The Kier molecular flexibility index (Phi) is 6.39. The van der Waals surface area contributed by atoms with Gasteiger partial charge in [0.05, 0.1) is 5.25 Å². The third-order valence-electron chi connectivity index (χ3n) is 5.43. The van der Waals surface area contributed by atoms with E-state index < -0.39 is 33.9 Å². The van der Waals surface area contributed by atoms with Crippen LogP contribution in [0.15, 0.2) is 63.3 Å². The van der Waals surface area contributed by atoms with E-state index in [0.717, 1.165) is 20.9 Å². The van der Waals surface area contributed by atoms with Gasteiger partial charge >= 0.3 is 5.69 Å². The molecule has 1 unspecified atom stereocenters. The lowest BCUT2D eigenvalue weighted by Crippen LogP contribution is -2.42. The number of aromatic nitrogens is 5. The first kappa shape index (κ1) is 24.1. The number of carbonyl (C=O) groups excluding carboxylic acids is 1. The van der Waals surface area contributed by atoms with Gasteiger partial charge < -0.3 is 5.73 Å². The number of nitrogen functional groups attached to an aromatic ring is 1. The fourth-order valence-corrected chi connectivity index (χ4v) is 4.39. The number of Topliss-reactive ketones (excluding diaryl/α,β-unsaturated/α-hetero) is 1. The Hall–Kier alpha value is -4.06. The fourth-order valence-electron chi connectivity index (χ4n) is 3.46. The number of thioether (sulfide) groups is 1. The van der Waals surface area contributed by atoms with Crippen LogP contribution in [0.3, 0.4) is 0 Å². The third-order valence-corrected chi connectivity index (χ3v) is 6.47. The number of hydrogen-bond acceptors (Lipinski definition) is 7. The van der Waals surface area contributed by atoms with Gasteiger partial charge in [-0.1, -0.05) is 11.8 Å². The normalized spacial score (nSPS) is 12.0. The third kappa shape index (κ3) is 4.39. The lowest BCUT2D eigenvalue weighted by Gasteiger charge is -2.15. The van der Waals surface area contributed by atoms with E-state index >= 15 is 0 Å². The smallest absolute Gasteiger partial charge is 0.332 e. The molecule has 0 saturated heterocycles. The highest BCUT2D eigenvalue weighted by molar-refractivity contribution is 8.00. The van der Waals surface area contributed by atoms with Gasteiger partial charge in [-0.05, 0) is 55.5 Å². The lowest BCUT2D eigenvalue weighted by molar-refractivity contribution is 0.0992. The predicted molar refractivity (Wildman–Crippen MR) is 128 cm³/mol. The molecular weight excluding hydrogens is 478 g/mol. The molecule has 2 heterocycles. The first-order valence-electron chi connectivity index (χ1n) is 10.3. The highest BCUT2D eigenvalue weighted by Gasteiger charge is 2.28. The summed E-state index contributed by atoms with van der Waals surface area (Å²) in [4.78, 5) is 38.0. The Morgan fingerprint density at radius 1 is 0.943 bits per heavy atom. The van der Waals surface area contributed by atoms with Gasteiger partial charge in [-0.3, -0.25) is 23.3 Å². The Labute approximate surface area is 201 Å². The van der Waals surface area contributed by atoms with Gasteiger partial charge in [0, 0.05) is 25.3 Å². The van der Waals surface area contributed by atoms with Crippen LogP contribution in [-0.2, 0) is 14.1 Å². The quantitative estimate of drug-likeness (QED) is 0.321. The van der Waals surface area contributed by atoms with E-state index in [-0.39, 0.29) is 16.5 Å². The van der Waals surface area contributed by atoms with Gasteiger partial charge in [0.25, 0.3) is 5.56 Å². The number of carbonyl (C=O) groups is 1. The van der Waals surface area contributed by atoms with Crippen LogP contribution in [0.4, 0.5) is 14.6 Å². The van der Waals surface area contributed by atoms with Gasteiger partial charge in [0.2, 0.25) is 0 Å². The van der Waals surface area contributed by atoms with Crippen LogP contribution in [0.1, 0.15) is 17.3 Å². The number of nitrogens with zero attached hydrogens (tertiary/aromatic N) is 5. The summed E-state index contributed by atoms with van der Waals surface area (Å²) in [7, 11) is 2.63. The molecule has 35 heavy (non-hydrogen) atoms. The van der Waals surface area contributed by atoms with Crippen molar-refractivity contribution >= 4 is 23.4 Å². The minimum atomic E-state index is -0.855. The van der Waals surface area contributed by atoms with E-state index in [1.807, 2.05) is 0 Å². The molecule has 0 aliphatic carbocycles. The maximum atomic E-state index is 13.6. The molecule has 0 fully saturated rings. The molecule has 4 rings (SSSR count). The summed E-state index contributed by atoms with van der Waals surface area (Å²) in [5, 5.41) is 7.81. The highest BCUT2D eigenvalue weighted by Crippen LogP contribution is 2.31. The number of rotatable bonds is 6. The summed E-state index contributed by atoms with van der Waals surface area (Å²) >= 11 is 1.01. The fraction of sp³-hybridized carbons (Fsp3) is 0.174. The van der Waals surface area contributed by atoms with Crippen molar-refractivity contribution < 1.29 is 13.6 Å². The Morgan fingerprint density at radius 3 is 2.11 bits per heavy atom. The van der Waals surface area contributed by atoms with Crippen molar-refractivity contribution in [3.63, 3.8) is 0 Å². The van der Waals surface area contributed by atoms with Crippen molar-refractivity contribution in [2.75, 3.05) is 5.73 Å². The van der Waals surface area contributed by atoms with E-state index in [2.05, 4.69) is 10.2 Å². The molecule has 0 saturated carbocycles. The van der Waals surface area contributed by atoms with Crippen molar-refractivity contribution in [3.8, 4) is 17.1 Å². The van der Waals surface area contributed by atoms with E-state index in [1.165, 1.54) is 62.6 Å². The molecule has 180 valence electrons. The van der Waals surface area contributed by atoms with Crippen molar-refractivity contribution in [3.05, 3.63) is 86.6 Å². The van der Waals surface area contributed by atoms with Crippen molar-refractivity contribution in [2.45, 2.75) is 17.3 Å². The number of hydrogen-bond donors (Lipinski definition) is 1. The molecule has 9 nitrogen and oxygen atoms in total. The average Bonchev–Trinajstić information content (AvgIpc) is 3.25. The molecule has 4 aromatic rings. The highest BCUT2D eigenvalue weighted by atomic mass is 32.2.